The van der Waals surface area contributed by atoms with Gasteiger partial charge in [-0.2, -0.15) is 18.4 Å². The Morgan fingerprint density at radius 1 is 1.20 bits per heavy atom. The van der Waals surface area contributed by atoms with Gasteiger partial charge in [-0.15, -0.1) is 10.2 Å². The van der Waals surface area contributed by atoms with Crippen molar-refractivity contribution in [1.29, 1.82) is 5.26 Å². The number of alkyl halides is 3. The monoisotopic (exact) mass is 347 g/mol. The molecule has 0 bridgehead atoms. The van der Waals surface area contributed by atoms with Crippen LogP contribution < -0.4 is 10.2 Å². The summed E-state index contributed by atoms with van der Waals surface area (Å²) in [6.07, 6.45) is -3.22. The van der Waals surface area contributed by atoms with Gasteiger partial charge in [0.1, 0.15) is 17.9 Å². The summed E-state index contributed by atoms with van der Waals surface area (Å²) in [5.41, 5.74) is -0.292. The summed E-state index contributed by atoms with van der Waals surface area (Å²) >= 11 is 0. The van der Waals surface area contributed by atoms with Crippen LogP contribution in [0.4, 0.5) is 19.0 Å². The predicted molar refractivity (Wildman–Crippen MR) is 83.1 cm³/mol. The Labute approximate surface area is 139 Å². The number of fused-ring (bicyclic) bond motifs is 3. The molecule has 0 atom stereocenters. The first-order valence-corrected chi connectivity index (χ1v) is 7.59. The first-order chi connectivity index (χ1) is 12.0. The molecule has 0 radical (unpaired) electrons. The van der Waals surface area contributed by atoms with Crippen molar-refractivity contribution in [2.45, 2.75) is 6.18 Å². The van der Waals surface area contributed by atoms with Crippen LogP contribution in [0.2, 0.25) is 0 Å². The number of nitrogens with zero attached hydrogens (tertiary/aromatic N) is 6. The van der Waals surface area contributed by atoms with Crippen LogP contribution in [0.25, 0.3) is 16.7 Å². The van der Waals surface area contributed by atoms with E-state index in [4.69, 9.17) is 0 Å². The fourth-order valence-corrected chi connectivity index (χ4v) is 2.98. The van der Waals surface area contributed by atoms with Gasteiger partial charge in [-0.25, -0.2) is 4.98 Å². The van der Waals surface area contributed by atoms with Gasteiger partial charge < -0.3 is 10.2 Å². The van der Waals surface area contributed by atoms with Gasteiger partial charge in [0.05, 0.1) is 16.6 Å². The Kier molecular flexibility index (Phi) is 3.47. The second-order valence-corrected chi connectivity index (χ2v) is 5.70. The maximum absolute atomic E-state index is 13.1. The molecular formula is C15H12F3N7. The number of rotatable bonds is 1. The Morgan fingerprint density at radius 3 is 2.64 bits per heavy atom. The maximum atomic E-state index is 13.1. The standard InChI is InChI=1S/C15H12F3N7/c16-15(17,18)10-5-9(7-19)12-11(6-10)25-8-21-23-14(25)13(22-12)24-3-1-20-2-4-24/h5-6,8,20H,1-4H2. The van der Waals surface area contributed by atoms with E-state index in [1.165, 1.54) is 10.7 Å². The number of piperazine rings is 1. The quantitative estimate of drug-likeness (QED) is 0.720. The molecule has 0 amide bonds. The van der Waals surface area contributed by atoms with Gasteiger partial charge in [-0.3, -0.25) is 4.40 Å². The summed E-state index contributed by atoms with van der Waals surface area (Å²) in [6.45, 7) is 2.89. The SMILES string of the molecule is N#Cc1cc(C(F)(F)F)cc2c1nc(N1CCNCC1)c1nncn12. The zero-order valence-corrected chi connectivity index (χ0v) is 12.9. The summed E-state index contributed by atoms with van der Waals surface area (Å²) < 4.78 is 40.9. The Hall–Kier alpha value is -2.93. The second kappa shape index (κ2) is 5.56. The molecule has 3 aromatic rings. The summed E-state index contributed by atoms with van der Waals surface area (Å²) in [4.78, 5) is 6.46. The Balaban J connectivity index is 2.04. The zero-order valence-electron chi connectivity index (χ0n) is 12.9. The molecule has 0 spiro atoms. The summed E-state index contributed by atoms with van der Waals surface area (Å²) in [6, 6.07) is 3.62. The van der Waals surface area contributed by atoms with E-state index >= 15 is 0 Å². The smallest absolute Gasteiger partial charge is 0.351 e. The van der Waals surface area contributed by atoms with Gasteiger partial charge in [0, 0.05) is 26.2 Å². The highest BCUT2D eigenvalue weighted by molar-refractivity contribution is 5.87. The highest BCUT2D eigenvalue weighted by Crippen LogP contribution is 2.34. The van der Waals surface area contributed by atoms with Crippen LogP contribution in [0, 0.1) is 11.3 Å². The summed E-state index contributed by atoms with van der Waals surface area (Å²) in [5, 5.41) is 20.4. The van der Waals surface area contributed by atoms with Crippen molar-refractivity contribution in [1.82, 2.24) is 24.9 Å². The average molecular weight is 347 g/mol. The molecule has 128 valence electrons. The number of halogens is 3. The number of hydrogen-bond acceptors (Lipinski definition) is 6. The van der Waals surface area contributed by atoms with Crippen molar-refractivity contribution in [3.05, 3.63) is 29.6 Å². The molecule has 4 rings (SSSR count). The number of aromatic nitrogens is 4. The zero-order chi connectivity index (χ0) is 17.6. The van der Waals surface area contributed by atoms with Gasteiger partial charge in [0.15, 0.2) is 5.82 Å². The van der Waals surface area contributed by atoms with Crippen LogP contribution in [-0.2, 0) is 6.18 Å². The topological polar surface area (TPSA) is 82.1 Å². The average Bonchev–Trinajstić information content (AvgIpc) is 3.10. The van der Waals surface area contributed by atoms with Gasteiger partial charge >= 0.3 is 6.18 Å². The van der Waals surface area contributed by atoms with Crippen molar-refractivity contribution in [3.63, 3.8) is 0 Å². The minimum absolute atomic E-state index is 0.128. The second-order valence-electron chi connectivity index (χ2n) is 5.70. The summed E-state index contributed by atoms with van der Waals surface area (Å²) in [5.74, 6) is 0.516. The molecule has 1 N–H and O–H groups in total. The molecule has 1 aliphatic rings. The molecular weight excluding hydrogens is 335 g/mol. The fraction of sp³-hybridized carbons (Fsp3) is 0.333. The summed E-state index contributed by atoms with van der Waals surface area (Å²) in [7, 11) is 0. The van der Waals surface area contributed by atoms with Crippen molar-refractivity contribution < 1.29 is 13.2 Å². The van der Waals surface area contributed by atoms with Gasteiger partial charge in [0.25, 0.3) is 0 Å². The van der Waals surface area contributed by atoms with E-state index in [2.05, 4.69) is 20.5 Å². The van der Waals surface area contributed by atoms with E-state index in [0.717, 1.165) is 25.2 Å². The van der Waals surface area contributed by atoms with E-state index in [0.29, 0.717) is 24.6 Å². The number of nitriles is 1. The molecule has 1 saturated heterocycles. The third-order valence-electron chi connectivity index (χ3n) is 4.18. The number of nitrogens with one attached hydrogen (secondary N) is 1. The van der Waals surface area contributed by atoms with Crippen molar-refractivity contribution in [2.24, 2.45) is 0 Å². The lowest BCUT2D eigenvalue weighted by Gasteiger charge is -2.28. The van der Waals surface area contributed by atoms with Gasteiger partial charge in [0.2, 0.25) is 5.65 Å². The number of anilines is 1. The third kappa shape index (κ3) is 2.53. The first kappa shape index (κ1) is 15.6. The molecule has 25 heavy (non-hydrogen) atoms. The normalized spacial score (nSPS) is 15.7. The van der Waals surface area contributed by atoms with Crippen LogP contribution in [0.1, 0.15) is 11.1 Å². The minimum atomic E-state index is -4.56. The van der Waals surface area contributed by atoms with Crippen molar-refractivity contribution in [2.75, 3.05) is 31.1 Å². The predicted octanol–water partition coefficient (Wildman–Crippen LogP) is 1.58. The molecule has 2 aromatic heterocycles. The lowest BCUT2D eigenvalue weighted by atomic mass is 10.1. The third-order valence-corrected chi connectivity index (χ3v) is 4.18. The van der Waals surface area contributed by atoms with Gasteiger partial charge in [-0.05, 0) is 12.1 Å². The first-order valence-electron chi connectivity index (χ1n) is 7.59. The molecule has 1 fully saturated rings. The highest BCUT2D eigenvalue weighted by atomic mass is 19.4. The number of hydrogen-bond donors (Lipinski definition) is 1. The molecule has 10 heteroatoms. The van der Waals surface area contributed by atoms with Crippen LogP contribution >= 0.6 is 0 Å². The van der Waals surface area contributed by atoms with E-state index in [9.17, 15) is 18.4 Å². The molecule has 7 nitrogen and oxygen atoms in total. The van der Waals surface area contributed by atoms with E-state index in [-0.39, 0.29) is 16.6 Å². The maximum Gasteiger partial charge on any atom is 0.416 e. The molecule has 0 unspecified atom stereocenters. The largest absolute Gasteiger partial charge is 0.416 e. The van der Waals surface area contributed by atoms with Crippen molar-refractivity contribution >= 4 is 22.5 Å². The van der Waals surface area contributed by atoms with Crippen molar-refractivity contribution in [3.8, 4) is 6.07 Å². The lowest BCUT2D eigenvalue weighted by Crippen LogP contribution is -2.44. The molecule has 3 heterocycles. The Morgan fingerprint density at radius 2 is 1.96 bits per heavy atom. The minimum Gasteiger partial charge on any atom is -0.351 e. The van der Waals surface area contributed by atoms with Crippen LogP contribution in [0.15, 0.2) is 18.5 Å². The molecule has 1 aromatic carbocycles. The number of benzene rings is 1. The van der Waals surface area contributed by atoms with Crippen LogP contribution in [0.3, 0.4) is 0 Å². The van der Waals surface area contributed by atoms with E-state index < -0.39 is 11.7 Å². The molecule has 1 aliphatic heterocycles. The molecule has 0 saturated carbocycles. The van der Waals surface area contributed by atoms with Gasteiger partial charge in [-0.1, -0.05) is 0 Å². The van der Waals surface area contributed by atoms with E-state index in [1.807, 2.05) is 11.0 Å². The molecule has 0 aliphatic carbocycles. The van der Waals surface area contributed by atoms with Crippen LogP contribution in [-0.4, -0.2) is 45.8 Å². The van der Waals surface area contributed by atoms with E-state index in [1.54, 1.807) is 0 Å². The highest BCUT2D eigenvalue weighted by Gasteiger charge is 2.32. The Bertz CT molecular complexity index is 996. The van der Waals surface area contributed by atoms with Crippen LogP contribution in [0.5, 0.6) is 0 Å². The lowest BCUT2D eigenvalue weighted by molar-refractivity contribution is -0.137. The fourth-order valence-electron chi connectivity index (χ4n) is 2.98.